The number of aliphatic carboxylic acids is 1. The Morgan fingerprint density at radius 2 is 1.95 bits per heavy atom. The molecule has 1 aromatic rings. The molecule has 0 saturated heterocycles. The maximum atomic E-state index is 12.5. The molecule has 2 rings (SSSR count). The molecular weight excluding hydrogens is 282 g/mol. The number of ether oxygens (including phenoxy) is 1. The third-order valence-electron chi connectivity index (χ3n) is 4.57. The van der Waals surface area contributed by atoms with Crippen LogP contribution in [0.1, 0.15) is 49.7 Å². The molecule has 0 bridgehead atoms. The summed E-state index contributed by atoms with van der Waals surface area (Å²) in [4.78, 5) is 24.0. The summed E-state index contributed by atoms with van der Waals surface area (Å²) in [6.07, 6.45) is 2.68. The number of nitrogens with one attached hydrogen (secondary N) is 1. The molecular formula is C17H23NO4. The molecule has 5 heteroatoms. The van der Waals surface area contributed by atoms with Crippen molar-refractivity contribution in [3.8, 4) is 5.75 Å². The highest BCUT2D eigenvalue weighted by Crippen LogP contribution is 2.31. The Morgan fingerprint density at radius 3 is 2.45 bits per heavy atom. The van der Waals surface area contributed by atoms with E-state index in [0.717, 1.165) is 29.7 Å². The molecule has 22 heavy (non-hydrogen) atoms. The SMILES string of the molecule is COc1ccc(C(C)C(=O)NC2(C(=O)O)CCCC2)c(C)c1. The third kappa shape index (κ3) is 3.08. The molecule has 0 heterocycles. The number of carboxylic acid groups (broad SMARTS) is 1. The van der Waals surface area contributed by atoms with E-state index < -0.39 is 17.4 Å². The van der Waals surface area contributed by atoms with Crippen LogP contribution in [0.5, 0.6) is 5.75 Å². The summed E-state index contributed by atoms with van der Waals surface area (Å²) < 4.78 is 5.17. The Balaban J connectivity index is 2.17. The second-order valence-corrected chi connectivity index (χ2v) is 6.03. The molecule has 1 aromatic carbocycles. The fraction of sp³-hybridized carbons (Fsp3) is 0.529. The van der Waals surface area contributed by atoms with E-state index in [0.29, 0.717) is 12.8 Å². The predicted octanol–water partition coefficient (Wildman–Crippen LogP) is 2.62. The van der Waals surface area contributed by atoms with Crippen LogP contribution in [0.15, 0.2) is 18.2 Å². The van der Waals surface area contributed by atoms with Crippen molar-refractivity contribution in [2.75, 3.05) is 7.11 Å². The lowest BCUT2D eigenvalue weighted by atomic mass is 9.92. The van der Waals surface area contributed by atoms with E-state index >= 15 is 0 Å². The van der Waals surface area contributed by atoms with Crippen molar-refractivity contribution in [1.82, 2.24) is 5.32 Å². The van der Waals surface area contributed by atoms with E-state index in [9.17, 15) is 14.7 Å². The van der Waals surface area contributed by atoms with Crippen LogP contribution in [0.25, 0.3) is 0 Å². The molecule has 120 valence electrons. The minimum Gasteiger partial charge on any atom is -0.497 e. The zero-order chi connectivity index (χ0) is 16.3. The van der Waals surface area contributed by atoms with Crippen LogP contribution in [0.2, 0.25) is 0 Å². The quantitative estimate of drug-likeness (QED) is 0.877. The lowest BCUT2D eigenvalue weighted by Crippen LogP contribution is -2.53. The topological polar surface area (TPSA) is 75.6 Å². The highest BCUT2D eigenvalue weighted by atomic mass is 16.5. The Kier molecular flexibility index (Phi) is 4.74. The first-order valence-electron chi connectivity index (χ1n) is 7.59. The number of amides is 1. The highest BCUT2D eigenvalue weighted by molar-refractivity contribution is 5.90. The van der Waals surface area contributed by atoms with Gasteiger partial charge in [-0.15, -0.1) is 0 Å². The van der Waals surface area contributed by atoms with E-state index in [4.69, 9.17) is 4.74 Å². The van der Waals surface area contributed by atoms with Crippen LogP contribution >= 0.6 is 0 Å². The van der Waals surface area contributed by atoms with Crippen molar-refractivity contribution in [1.29, 1.82) is 0 Å². The van der Waals surface area contributed by atoms with Gasteiger partial charge in [0.15, 0.2) is 0 Å². The molecule has 0 aliphatic heterocycles. The summed E-state index contributed by atoms with van der Waals surface area (Å²) in [5, 5.41) is 12.2. The van der Waals surface area contributed by atoms with Gasteiger partial charge < -0.3 is 15.2 Å². The predicted molar refractivity (Wildman–Crippen MR) is 83.1 cm³/mol. The van der Waals surface area contributed by atoms with Gasteiger partial charge in [0, 0.05) is 0 Å². The number of rotatable bonds is 5. The average molecular weight is 305 g/mol. The Hall–Kier alpha value is -2.04. The number of carbonyl (C=O) groups excluding carboxylic acids is 1. The van der Waals surface area contributed by atoms with E-state index in [-0.39, 0.29) is 5.91 Å². The molecule has 1 atom stereocenters. The molecule has 0 radical (unpaired) electrons. The van der Waals surface area contributed by atoms with Gasteiger partial charge in [-0.3, -0.25) is 4.79 Å². The van der Waals surface area contributed by atoms with Gasteiger partial charge in [0.05, 0.1) is 13.0 Å². The van der Waals surface area contributed by atoms with Gasteiger partial charge in [0.25, 0.3) is 0 Å². The van der Waals surface area contributed by atoms with Gasteiger partial charge in [-0.1, -0.05) is 18.9 Å². The van der Waals surface area contributed by atoms with Crippen molar-refractivity contribution in [2.45, 2.75) is 51.0 Å². The van der Waals surface area contributed by atoms with Crippen molar-refractivity contribution in [2.24, 2.45) is 0 Å². The third-order valence-corrected chi connectivity index (χ3v) is 4.57. The summed E-state index contributed by atoms with van der Waals surface area (Å²) in [5.41, 5.74) is 0.751. The molecule has 1 unspecified atom stereocenters. The van der Waals surface area contributed by atoms with Crippen LogP contribution in [0.3, 0.4) is 0 Å². The molecule has 5 nitrogen and oxygen atoms in total. The second kappa shape index (κ2) is 6.38. The molecule has 0 aromatic heterocycles. The molecule has 0 spiro atoms. The zero-order valence-electron chi connectivity index (χ0n) is 13.3. The minimum absolute atomic E-state index is 0.238. The standard InChI is InChI=1S/C17H23NO4/c1-11-10-13(22-3)6-7-14(11)12(2)15(19)18-17(16(20)21)8-4-5-9-17/h6-7,10,12H,4-5,8-9H2,1-3H3,(H,18,19)(H,20,21). The normalized spacial score (nSPS) is 17.8. The largest absolute Gasteiger partial charge is 0.497 e. The van der Waals surface area contributed by atoms with Crippen LogP contribution in [0, 0.1) is 6.92 Å². The smallest absolute Gasteiger partial charge is 0.329 e. The maximum absolute atomic E-state index is 12.5. The first-order valence-corrected chi connectivity index (χ1v) is 7.59. The summed E-state index contributed by atoms with van der Waals surface area (Å²) in [6, 6.07) is 5.55. The van der Waals surface area contributed by atoms with E-state index in [1.54, 1.807) is 14.0 Å². The molecule has 1 fully saturated rings. The van der Waals surface area contributed by atoms with Crippen molar-refractivity contribution < 1.29 is 19.4 Å². The fourth-order valence-electron chi connectivity index (χ4n) is 3.12. The molecule has 1 saturated carbocycles. The van der Waals surface area contributed by atoms with Crippen molar-refractivity contribution in [3.63, 3.8) is 0 Å². The number of hydrogen-bond acceptors (Lipinski definition) is 3. The molecule has 1 amide bonds. The first-order chi connectivity index (χ1) is 10.4. The number of hydrogen-bond donors (Lipinski definition) is 2. The summed E-state index contributed by atoms with van der Waals surface area (Å²) >= 11 is 0. The summed E-state index contributed by atoms with van der Waals surface area (Å²) in [7, 11) is 1.60. The first kappa shape index (κ1) is 16.3. The number of carboxylic acids is 1. The van der Waals surface area contributed by atoms with Gasteiger partial charge in [-0.05, 0) is 49.9 Å². The Labute approximate surface area is 130 Å². The van der Waals surface area contributed by atoms with Crippen molar-refractivity contribution >= 4 is 11.9 Å². The lowest BCUT2D eigenvalue weighted by Gasteiger charge is -2.27. The number of aryl methyl sites for hydroxylation is 1. The van der Waals surface area contributed by atoms with Gasteiger partial charge in [0.1, 0.15) is 11.3 Å². The van der Waals surface area contributed by atoms with E-state index in [2.05, 4.69) is 5.32 Å². The fourth-order valence-corrected chi connectivity index (χ4v) is 3.12. The zero-order valence-corrected chi connectivity index (χ0v) is 13.3. The lowest BCUT2D eigenvalue weighted by molar-refractivity contribution is -0.147. The van der Waals surface area contributed by atoms with E-state index in [1.807, 2.05) is 25.1 Å². The van der Waals surface area contributed by atoms with Crippen LogP contribution < -0.4 is 10.1 Å². The van der Waals surface area contributed by atoms with Crippen LogP contribution in [-0.4, -0.2) is 29.6 Å². The number of carbonyl (C=O) groups is 2. The van der Waals surface area contributed by atoms with Gasteiger partial charge >= 0.3 is 5.97 Å². The molecule has 1 aliphatic rings. The van der Waals surface area contributed by atoms with Gasteiger partial charge in [0.2, 0.25) is 5.91 Å². The summed E-state index contributed by atoms with van der Waals surface area (Å²) in [5.74, 6) is -0.830. The Bertz CT molecular complexity index is 576. The van der Waals surface area contributed by atoms with Crippen molar-refractivity contribution in [3.05, 3.63) is 29.3 Å². The number of methoxy groups -OCH3 is 1. The maximum Gasteiger partial charge on any atom is 0.329 e. The Morgan fingerprint density at radius 1 is 1.32 bits per heavy atom. The van der Waals surface area contributed by atoms with E-state index in [1.165, 1.54) is 0 Å². The van der Waals surface area contributed by atoms with Gasteiger partial charge in [-0.25, -0.2) is 4.79 Å². The average Bonchev–Trinajstić information content (AvgIpc) is 2.96. The second-order valence-electron chi connectivity index (χ2n) is 6.03. The summed E-state index contributed by atoms with van der Waals surface area (Å²) in [6.45, 7) is 3.72. The van der Waals surface area contributed by atoms with Crippen LogP contribution in [0.4, 0.5) is 0 Å². The number of benzene rings is 1. The van der Waals surface area contributed by atoms with Gasteiger partial charge in [-0.2, -0.15) is 0 Å². The monoisotopic (exact) mass is 305 g/mol. The van der Waals surface area contributed by atoms with Crippen LogP contribution in [-0.2, 0) is 9.59 Å². The highest BCUT2D eigenvalue weighted by Gasteiger charge is 2.43. The molecule has 2 N–H and O–H groups in total. The molecule has 1 aliphatic carbocycles. The minimum atomic E-state index is -1.09.